The van der Waals surface area contributed by atoms with E-state index in [0.29, 0.717) is 19.5 Å². The monoisotopic (exact) mass is 282 g/mol. The lowest BCUT2D eigenvalue weighted by molar-refractivity contribution is 0.339. The van der Waals surface area contributed by atoms with Crippen molar-refractivity contribution in [3.05, 3.63) is 35.9 Å². The number of nitrogens with one attached hydrogen (secondary N) is 1. The van der Waals surface area contributed by atoms with Crippen molar-refractivity contribution in [1.29, 1.82) is 0 Å². The molecule has 4 nitrogen and oxygen atoms in total. The van der Waals surface area contributed by atoms with Gasteiger partial charge in [-0.15, -0.1) is 0 Å². The summed E-state index contributed by atoms with van der Waals surface area (Å²) >= 11 is 0. The highest BCUT2D eigenvalue weighted by Gasteiger charge is 2.25. The van der Waals surface area contributed by atoms with Crippen molar-refractivity contribution in [3.8, 4) is 0 Å². The highest BCUT2D eigenvalue weighted by atomic mass is 32.2. The second kappa shape index (κ2) is 6.50. The van der Waals surface area contributed by atoms with Gasteiger partial charge in [0.05, 0.1) is 0 Å². The lowest BCUT2D eigenvalue weighted by Crippen LogP contribution is -2.46. The Labute approximate surface area is 116 Å². The maximum atomic E-state index is 12.2. The lowest BCUT2D eigenvalue weighted by atomic mass is 10.1. The second-order valence-electron chi connectivity index (χ2n) is 5.17. The highest BCUT2D eigenvalue weighted by Crippen LogP contribution is 2.13. The van der Waals surface area contributed by atoms with Gasteiger partial charge in [-0.25, -0.2) is 0 Å². The first kappa shape index (κ1) is 14.5. The molecule has 1 aromatic carbocycles. The molecular formula is C14H22N2O2S. The molecule has 5 heteroatoms. The third kappa shape index (κ3) is 4.30. The molecule has 0 aliphatic carbocycles. The molecule has 1 N–H and O–H groups in total. The van der Waals surface area contributed by atoms with Crippen LogP contribution in [0.5, 0.6) is 0 Å². The maximum Gasteiger partial charge on any atom is 0.279 e. The zero-order valence-corrected chi connectivity index (χ0v) is 12.2. The van der Waals surface area contributed by atoms with Gasteiger partial charge in [0.1, 0.15) is 0 Å². The van der Waals surface area contributed by atoms with Crippen molar-refractivity contribution < 1.29 is 8.42 Å². The van der Waals surface area contributed by atoms with Crippen molar-refractivity contribution in [1.82, 2.24) is 9.03 Å². The SMILES string of the molecule is CC(Cc1ccccc1)NS(=O)(=O)N1CCCCC1. The van der Waals surface area contributed by atoms with Gasteiger partial charge in [0.25, 0.3) is 10.2 Å². The fraction of sp³-hybridized carbons (Fsp3) is 0.571. The number of hydrogen-bond donors (Lipinski definition) is 1. The van der Waals surface area contributed by atoms with Gasteiger partial charge in [-0.3, -0.25) is 0 Å². The van der Waals surface area contributed by atoms with Gasteiger partial charge in [-0.05, 0) is 31.7 Å². The van der Waals surface area contributed by atoms with Gasteiger partial charge in [0.15, 0.2) is 0 Å². The Bertz CT molecular complexity index is 481. The molecule has 1 atom stereocenters. The Balaban J connectivity index is 1.92. The summed E-state index contributed by atoms with van der Waals surface area (Å²) in [4.78, 5) is 0. The summed E-state index contributed by atoms with van der Waals surface area (Å²) in [6, 6.07) is 9.86. The molecular weight excluding hydrogens is 260 g/mol. The average molecular weight is 282 g/mol. The predicted octanol–water partition coefficient (Wildman–Crippen LogP) is 1.94. The minimum atomic E-state index is -3.32. The third-order valence-corrected chi connectivity index (χ3v) is 5.13. The van der Waals surface area contributed by atoms with Crippen molar-refractivity contribution in [3.63, 3.8) is 0 Å². The van der Waals surface area contributed by atoms with Crippen LogP contribution in [0.1, 0.15) is 31.7 Å². The zero-order chi connectivity index (χ0) is 13.7. The highest BCUT2D eigenvalue weighted by molar-refractivity contribution is 7.87. The summed E-state index contributed by atoms with van der Waals surface area (Å²) in [6.45, 7) is 3.20. The van der Waals surface area contributed by atoms with E-state index in [1.165, 1.54) is 0 Å². The van der Waals surface area contributed by atoms with E-state index >= 15 is 0 Å². The van der Waals surface area contributed by atoms with Gasteiger partial charge in [0.2, 0.25) is 0 Å². The molecule has 106 valence electrons. The molecule has 2 rings (SSSR count). The fourth-order valence-electron chi connectivity index (χ4n) is 2.44. The number of nitrogens with zero attached hydrogens (tertiary/aromatic N) is 1. The van der Waals surface area contributed by atoms with Crippen LogP contribution >= 0.6 is 0 Å². The van der Waals surface area contributed by atoms with Crippen LogP contribution in [0, 0.1) is 0 Å². The van der Waals surface area contributed by atoms with Gasteiger partial charge in [0, 0.05) is 19.1 Å². The molecule has 0 bridgehead atoms. The van der Waals surface area contributed by atoms with Crippen molar-refractivity contribution >= 4 is 10.2 Å². The summed E-state index contributed by atoms with van der Waals surface area (Å²) in [7, 11) is -3.32. The van der Waals surface area contributed by atoms with Gasteiger partial charge in [-0.2, -0.15) is 17.4 Å². The Kier molecular flexibility index (Phi) is 4.96. The summed E-state index contributed by atoms with van der Waals surface area (Å²) in [5.41, 5.74) is 1.15. The first-order chi connectivity index (χ1) is 9.08. The van der Waals surface area contributed by atoms with E-state index in [0.717, 1.165) is 24.8 Å². The number of piperidine rings is 1. The molecule has 19 heavy (non-hydrogen) atoms. The molecule has 1 fully saturated rings. The number of hydrogen-bond acceptors (Lipinski definition) is 2. The van der Waals surface area contributed by atoms with Crippen LogP contribution in [0.4, 0.5) is 0 Å². The van der Waals surface area contributed by atoms with Crippen LogP contribution in [0.25, 0.3) is 0 Å². The Morgan fingerprint density at radius 2 is 1.79 bits per heavy atom. The van der Waals surface area contributed by atoms with Crippen LogP contribution < -0.4 is 4.72 Å². The summed E-state index contributed by atoms with van der Waals surface area (Å²) in [5.74, 6) is 0. The van der Waals surface area contributed by atoms with Crippen LogP contribution in [0.3, 0.4) is 0 Å². The molecule has 0 spiro atoms. The molecule has 0 amide bonds. The standard InChI is InChI=1S/C14H22N2O2S/c1-13(12-14-8-4-2-5-9-14)15-19(17,18)16-10-6-3-7-11-16/h2,4-5,8-9,13,15H,3,6-7,10-12H2,1H3. The topological polar surface area (TPSA) is 49.4 Å². The zero-order valence-electron chi connectivity index (χ0n) is 11.4. The molecule has 1 heterocycles. The first-order valence-corrected chi connectivity index (χ1v) is 8.33. The van der Waals surface area contributed by atoms with E-state index in [9.17, 15) is 8.42 Å². The summed E-state index contributed by atoms with van der Waals surface area (Å²) < 4.78 is 28.7. The minimum absolute atomic E-state index is 0.0886. The fourth-order valence-corrected chi connectivity index (χ4v) is 3.92. The molecule has 0 aromatic heterocycles. The molecule has 1 aromatic rings. The van der Waals surface area contributed by atoms with Gasteiger partial charge >= 0.3 is 0 Å². The van der Waals surface area contributed by atoms with Crippen molar-refractivity contribution in [2.75, 3.05) is 13.1 Å². The van der Waals surface area contributed by atoms with Crippen LogP contribution in [-0.2, 0) is 16.6 Å². The number of benzene rings is 1. The molecule has 1 saturated heterocycles. The predicted molar refractivity (Wildman–Crippen MR) is 77.1 cm³/mol. The Morgan fingerprint density at radius 1 is 1.16 bits per heavy atom. The van der Waals surface area contributed by atoms with Crippen LogP contribution in [0.15, 0.2) is 30.3 Å². The largest absolute Gasteiger partial charge is 0.279 e. The average Bonchev–Trinajstić information content (AvgIpc) is 2.40. The van der Waals surface area contributed by atoms with E-state index in [1.807, 2.05) is 37.3 Å². The Morgan fingerprint density at radius 3 is 2.42 bits per heavy atom. The first-order valence-electron chi connectivity index (χ1n) is 6.89. The van der Waals surface area contributed by atoms with E-state index in [1.54, 1.807) is 4.31 Å². The molecule has 0 radical (unpaired) electrons. The van der Waals surface area contributed by atoms with E-state index < -0.39 is 10.2 Å². The van der Waals surface area contributed by atoms with Crippen molar-refractivity contribution in [2.24, 2.45) is 0 Å². The summed E-state index contributed by atoms with van der Waals surface area (Å²) in [5, 5.41) is 0. The molecule has 0 saturated carbocycles. The van der Waals surface area contributed by atoms with Crippen LogP contribution in [0.2, 0.25) is 0 Å². The number of rotatable bonds is 5. The maximum absolute atomic E-state index is 12.2. The van der Waals surface area contributed by atoms with E-state index in [2.05, 4.69) is 4.72 Å². The molecule has 1 aliphatic rings. The normalized spacial score (nSPS) is 19.2. The second-order valence-corrected chi connectivity index (χ2v) is 6.88. The van der Waals surface area contributed by atoms with Gasteiger partial charge < -0.3 is 0 Å². The van der Waals surface area contributed by atoms with E-state index in [-0.39, 0.29) is 6.04 Å². The Hall–Kier alpha value is -0.910. The lowest BCUT2D eigenvalue weighted by Gasteiger charge is -2.27. The van der Waals surface area contributed by atoms with E-state index in [4.69, 9.17) is 0 Å². The smallest absolute Gasteiger partial charge is 0.199 e. The minimum Gasteiger partial charge on any atom is -0.199 e. The summed E-state index contributed by atoms with van der Waals surface area (Å²) in [6.07, 6.45) is 3.78. The van der Waals surface area contributed by atoms with Crippen LogP contribution in [-0.4, -0.2) is 31.9 Å². The van der Waals surface area contributed by atoms with Crippen molar-refractivity contribution in [2.45, 2.75) is 38.6 Å². The van der Waals surface area contributed by atoms with Gasteiger partial charge in [-0.1, -0.05) is 36.8 Å². The quantitative estimate of drug-likeness (QED) is 0.897. The third-order valence-electron chi connectivity index (χ3n) is 3.39. The molecule has 1 aliphatic heterocycles. The molecule has 1 unspecified atom stereocenters.